The SMILES string of the molecule is CCCCCN1C(=O)C(c2ccc(NC(C)=O)cc2)=C(N(CCOC)CCOC)C1=O. The smallest absolute Gasteiger partial charge is 0.277 e. The Labute approximate surface area is 184 Å². The molecule has 1 N–H and O–H groups in total. The number of unbranched alkanes of at least 4 members (excludes halogenated alkanes) is 2. The number of rotatable bonds is 13. The Balaban J connectivity index is 2.45. The van der Waals surface area contributed by atoms with Gasteiger partial charge in [-0.25, -0.2) is 0 Å². The number of nitrogens with one attached hydrogen (secondary N) is 1. The summed E-state index contributed by atoms with van der Waals surface area (Å²) >= 11 is 0. The Morgan fingerprint density at radius 1 is 1.00 bits per heavy atom. The number of carbonyl (C=O) groups excluding carboxylic acids is 3. The van der Waals surface area contributed by atoms with Crippen molar-refractivity contribution < 1.29 is 23.9 Å². The predicted molar refractivity (Wildman–Crippen MR) is 119 cm³/mol. The van der Waals surface area contributed by atoms with E-state index in [1.54, 1.807) is 38.5 Å². The molecule has 1 heterocycles. The van der Waals surface area contributed by atoms with E-state index in [2.05, 4.69) is 12.2 Å². The molecule has 8 nitrogen and oxygen atoms in total. The Bertz CT molecular complexity index is 796. The van der Waals surface area contributed by atoms with Crippen molar-refractivity contribution in [3.8, 4) is 0 Å². The summed E-state index contributed by atoms with van der Waals surface area (Å²) in [5.74, 6) is -0.746. The maximum Gasteiger partial charge on any atom is 0.277 e. The van der Waals surface area contributed by atoms with Gasteiger partial charge in [-0.15, -0.1) is 0 Å². The normalized spacial score (nSPS) is 13.9. The third-order valence-corrected chi connectivity index (χ3v) is 5.07. The molecular formula is C23H33N3O5. The summed E-state index contributed by atoms with van der Waals surface area (Å²) in [6.45, 7) is 5.67. The molecule has 3 amide bonds. The number of imide groups is 1. The predicted octanol–water partition coefficient (Wildman–Crippen LogP) is 2.51. The molecule has 1 aliphatic heterocycles. The van der Waals surface area contributed by atoms with Gasteiger partial charge in [0.05, 0.1) is 18.8 Å². The van der Waals surface area contributed by atoms with E-state index in [9.17, 15) is 14.4 Å². The standard InChI is InChI=1S/C23H33N3O5/c1-5-6-7-12-26-22(28)20(18-8-10-19(11-9-18)24-17(2)27)21(23(26)29)25(13-15-30-3)14-16-31-4/h8-11H,5-7,12-16H2,1-4H3,(H,24,27). The highest BCUT2D eigenvalue weighted by Gasteiger charge is 2.41. The van der Waals surface area contributed by atoms with Crippen molar-refractivity contribution in [2.24, 2.45) is 0 Å². The topological polar surface area (TPSA) is 88.2 Å². The summed E-state index contributed by atoms with van der Waals surface area (Å²) in [6, 6.07) is 6.97. The Morgan fingerprint density at radius 3 is 2.13 bits per heavy atom. The Kier molecular flexibility index (Phi) is 9.68. The molecule has 8 heteroatoms. The van der Waals surface area contributed by atoms with Gasteiger partial charge in [-0.2, -0.15) is 0 Å². The van der Waals surface area contributed by atoms with Crippen molar-refractivity contribution in [3.63, 3.8) is 0 Å². The summed E-state index contributed by atoms with van der Waals surface area (Å²) in [5.41, 5.74) is 2.02. The Morgan fingerprint density at radius 2 is 1.61 bits per heavy atom. The van der Waals surface area contributed by atoms with Gasteiger partial charge in [0.25, 0.3) is 11.8 Å². The lowest BCUT2D eigenvalue weighted by atomic mass is 10.0. The molecule has 0 saturated heterocycles. The number of hydrogen-bond acceptors (Lipinski definition) is 6. The first-order valence-corrected chi connectivity index (χ1v) is 10.7. The molecule has 1 aliphatic rings. The van der Waals surface area contributed by atoms with Crippen LogP contribution in [0.3, 0.4) is 0 Å². The molecule has 1 aromatic rings. The highest BCUT2D eigenvalue weighted by Crippen LogP contribution is 2.32. The zero-order valence-corrected chi connectivity index (χ0v) is 18.9. The van der Waals surface area contributed by atoms with Crippen LogP contribution in [0.25, 0.3) is 5.57 Å². The third kappa shape index (κ3) is 6.38. The van der Waals surface area contributed by atoms with Gasteiger partial charge < -0.3 is 19.7 Å². The van der Waals surface area contributed by atoms with Gasteiger partial charge in [0.2, 0.25) is 5.91 Å². The molecule has 0 aliphatic carbocycles. The van der Waals surface area contributed by atoms with Crippen LogP contribution in [-0.4, -0.2) is 74.6 Å². The number of methoxy groups -OCH3 is 2. The molecule has 0 fully saturated rings. The van der Waals surface area contributed by atoms with Crippen LogP contribution >= 0.6 is 0 Å². The molecule has 31 heavy (non-hydrogen) atoms. The lowest BCUT2D eigenvalue weighted by Crippen LogP contribution is -2.38. The van der Waals surface area contributed by atoms with Crippen LogP contribution in [0.4, 0.5) is 5.69 Å². The molecule has 2 rings (SSSR count). The molecule has 0 unspecified atom stereocenters. The lowest BCUT2D eigenvalue weighted by molar-refractivity contribution is -0.137. The number of ether oxygens (including phenoxy) is 2. The number of anilines is 1. The van der Waals surface area contributed by atoms with Crippen molar-refractivity contribution in [1.82, 2.24) is 9.80 Å². The number of benzene rings is 1. The van der Waals surface area contributed by atoms with Crippen LogP contribution in [-0.2, 0) is 23.9 Å². The zero-order chi connectivity index (χ0) is 22.8. The molecule has 0 spiro atoms. The van der Waals surface area contributed by atoms with E-state index in [0.717, 1.165) is 19.3 Å². The van der Waals surface area contributed by atoms with Crippen LogP contribution < -0.4 is 5.32 Å². The number of amides is 3. The first kappa shape index (κ1) is 24.6. The van der Waals surface area contributed by atoms with Gasteiger partial charge in [0.15, 0.2) is 0 Å². The van der Waals surface area contributed by atoms with Crippen LogP contribution in [0.15, 0.2) is 30.0 Å². The maximum absolute atomic E-state index is 13.3. The van der Waals surface area contributed by atoms with E-state index in [-0.39, 0.29) is 17.7 Å². The Hall–Kier alpha value is -2.71. The van der Waals surface area contributed by atoms with Crippen LogP contribution in [0, 0.1) is 0 Å². The van der Waals surface area contributed by atoms with Gasteiger partial charge in [0.1, 0.15) is 5.70 Å². The second-order valence-corrected chi connectivity index (χ2v) is 7.42. The van der Waals surface area contributed by atoms with Crippen LogP contribution in [0.1, 0.15) is 38.7 Å². The first-order valence-electron chi connectivity index (χ1n) is 10.7. The molecule has 0 bridgehead atoms. The van der Waals surface area contributed by atoms with Gasteiger partial charge >= 0.3 is 0 Å². The number of nitrogens with zero attached hydrogens (tertiary/aromatic N) is 2. The van der Waals surface area contributed by atoms with Crippen molar-refractivity contribution in [1.29, 1.82) is 0 Å². The summed E-state index contributed by atoms with van der Waals surface area (Å²) < 4.78 is 10.4. The van der Waals surface area contributed by atoms with E-state index in [4.69, 9.17) is 9.47 Å². The monoisotopic (exact) mass is 431 g/mol. The van der Waals surface area contributed by atoms with E-state index < -0.39 is 0 Å². The minimum atomic E-state index is -0.289. The summed E-state index contributed by atoms with van der Waals surface area (Å²) in [7, 11) is 3.20. The highest BCUT2D eigenvalue weighted by atomic mass is 16.5. The van der Waals surface area contributed by atoms with Crippen LogP contribution in [0.2, 0.25) is 0 Å². The summed E-state index contributed by atoms with van der Waals surface area (Å²) in [6.07, 6.45) is 2.72. The fraction of sp³-hybridized carbons (Fsp3) is 0.522. The number of carbonyl (C=O) groups is 3. The van der Waals surface area contributed by atoms with Gasteiger partial charge in [-0.1, -0.05) is 31.9 Å². The van der Waals surface area contributed by atoms with E-state index in [1.807, 2.05) is 4.90 Å². The molecule has 0 radical (unpaired) electrons. The fourth-order valence-electron chi connectivity index (χ4n) is 3.50. The quantitative estimate of drug-likeness (QED) is 0.381. The van der Waals surface area contributed by atoms with E-state index >= 15 is 0 Å². The van der Waals surface area contributed by atoms with E-state index in [0.29, 0.717) is 55.4 Å². The molecular weight excluding hydrogens is 398 g/mol. The maximum atomic E-state index is 13.3. The second-order valence-electron chi connectivity index (χ2n) is 7.42. The van der Waals surface area contributed by atoms with Gasteiger partial charge in [0, 0.05) is 46.5 Å². The van der Waals surface area contributed by atoms with Crippen LogP contribution in [0.5, 0.6) is 0 Å². The number of hydrogen-bond donors (Lipinski definition) is 1. The van der Waals surface area contributed by atoms with Gasteiger partial charge in [-0.3, -0.25) is 19.3 Å². The highest BCUT2D eigenvalue weighted by molar-refractivity contribution is 6.35. The van der Waals surface area contributed by atoms with E-state index in [1.165, 1.54) is 11.8 Å². The second kappa shape index (κ2) is 12.2. The zero-order valence-electron chi connectivity index (χ0n) is 18.9. The third-order valence-electron chi connectivity index (χ3n) is 5.07. The molecule has 0 aromatic heterocycles. The van der Waals surface area contributed by atoms with Crippen molar-refractivity contribution in [2.75, 3.05) is 52.4 Å². The summed E-state index contributed by atoms with van der Waals surface area (Å²) in [4.78, 5) is 41.2. The average Bonchev–Trinajstić information content (AvgIpc) is 2.99. The van der Waals surface area contributed by atoms with Crippen molar-refractivity contribution in [3.05, 3.63) is 35.5 Å². The van der Waals surface area contributed by atoms with Crippen molar-refractivity contribution in [2.45, 2.75) is 33.1 Å². The molecule has 0 saturated carbocycles. The average molecular weight is 432 g/mol. The fourth-order valence-corrected chi connectivity index (χ4v) is 3.50. The minimum Gasteiger partial charge on any atom is -0.383 e. The molecule has 170 valence electrons. The first-order chi connectivity index (χ1) is 14.9. The van der Waals surface area contributed by atoms with Crippen molar-refractivity contribution >= 4 is 29.0 Å². The largest absolute Gasteiger partial charge is 0.383 e. The molecule has 1 aromatic carbocycles. The minimum absolute atomic E-state index is 0.174. The summed E-state index contributed by atoms with van der Waals surface area (Å²) in [5, 5.41) is 2.71. The lowest BCUT2D eigenvalue weighted by Gasteiger charge is -2.25. The van der Waals surface area contributed by atoms with Gasteiger partial charge in [-0.05, 0) is 24.1 Å². The molecule has 0 atom stereocenters.